The molecule has 4 heteroatoms. The minimum Gasteiger partial charge on any atom is -0.436 e. The zero-order valence-electron chi connectivity index (χ0n) is 18.6. The fourth-order valence-electron chi connectivity index (χ4n) is 5.71. The predicted molar refractivity (Wildman–Crippen MR) is 130 cm³/mol. The van der Waals surface area contributed by atoms with E-state index in [0.717, 1.165) is 25.0 Å². The van der Waals surface area contributed by atoms with Crippen molar-refractivity contribution in [2.24, 2.45) is 0 Å². The van der Waals surface area contributed by atoms with E-state index >= 15 is 0 Å². The summed E-state index contributed by atoms with van der Waals surface area (Å²) in [5.74, 6) is 1.28. The van der Waals surface area contributed by atoms with E-state index < -0.39 is 8.53 Å². The van der Waals surface area contributed by atoms with E-state index in [1.807, 2.05) is 0 Å². The van der Waals surface area contributed by atoms with Crippen molar-refractivity contribution < 1.29 is 9.05 Å². The van der Waals surface area contributed by atoms with E-state index in [4.69, 9.17) is 9.05 Å². The Balaban J connectivity index is 1.42. The monoisotopic (exact) mass is 443 g/mol. The molecule has 3 aromatic rings. The lowest BCUT2D eigenvalue weighted by atomic mass is 9.73. The van der Waals surface area contributed by atoms with Crippen molar-refractivity contribution in [2.45, 2.75) is 63.5 Å². The molecule has 0 saturated carbocycles. The van der Waals surface area contributed by atoms with Crippen LogP contribution in [0.15, 0.2) is 66.7 Å². The number of hydrogen-bond acceptors (Lipinski definition) is 3. The number of nitrogens with one attached hydrogen (secondary N) is 1. The average Bonchev–Trinajstić information content (AvgIpc) is 3.01. The van der Waals surface area contributed by atoms with Crippen molar-refractivity contribution in [3.8, 4) is 5.75 Å². The van der Waals surface area contributed by atoms with Crippen LogP contribution >= 0.6 is 8.53 Å². The van der Waals surface area contributed by atoms with Gasteiger partial charge in [-0.1, -0.05) is 60.7 Å². The molecule has 164 valence electrons. The van der Waals surface area contributed by atoms with Gasteiger partial charge in [0.05, 0.1) is 6.10 Å². The first-order chi connectivity index (χ1) is 15.8. The Morgan fingerprint density at radius 2 is 1.69 bits per heavy atom. The second-order valence-electron chi connectivity index (χ2n) is 9.29. The summed E-state index contributed by atoms with van der Waals surface area (Å²) in [7, 11) is -1.24. The van der Waals surface area contributed by atoms with E-state index in [9.17, 15) is 0 Å². The summed E-state index contributed by atoms with van der Waals surface area (Å²) in [6, 6.07) is 24.2. The summed E-state index contributed by atoms with van der Waals surface area (Å²) in [6.07, 6.45) is 7.13. The molecular weight excluding hydrogens is 413 g/mol. The Bertz CT molecular complexity index is 1120. The molecule has 32 heavy (non-hydrogen) atoms. The molecule has 2 aliphatic carbocycles. The first-order valence-corrected chi connectivity index (χ1v) is 13.1. The molecule has 0 bridgehead atoms. The highest BCUT2D eigenvalue weighted by atomic mass is 31.2. The van der Waals surface area contributed by atoms with Crippen LogP contribution in [0.3, 0.4) is 0 Å². The van der Waals surface area contributed by atoms with Crippen LogP contribution in [0.5, 0.6) is 5.75 Å². The number of fused-ring (bicyclic) bond motifs is 7. The Labute approximate surface area is 192 Å². The Kier molecular flexibility index (Phi) is 5.51. The lowest BCUT2D eigenvalue weighted by Crippen LogP contribution is -2.29. The van der Waals surface area contributed by atoms with Crippen LogP contribution < -0.4 is 9.61 Å². The van der Waals surface area contributed by atoms with Crippen LogP contribution in [0, 0.1) is 0 Å². The van der Waals surface area contributed by atoms with E-state index in [0.29, 0.717) is 0 Å². The maximum Gasteiger partial charge on any atom is 0.318 e. The van der Waals surface area contributed by atoms with Crippen LogP contribution in [0.2, 0.25) is 0 Å². The molecule has 0 fully saturated rings. The summed E-state index contributed by atoms with van der Waals surface area (Å²) in [6.45, 7) is 2.19. The zero-order chi connectivity index (χ0) is 21.5. The molecule has 6 rings (SSSR count). The summed E-state index contributed by atoms with van der Waals surface area (Å²) >= 11 is 0. The SMILES string of the molecule is C[C@H](NP1Oc2ccc3c(c2[C@@H]2c4ccccc4CCC2O1)CCCC3)c1ccccc1. The first kappa shape index (κ1) is 20.4. The van der Waals surface area contributed by atoms with Crippen LogP contribution in [-0.2, 0) is 23.8 Å². The van der Waals surface area contributed by atoms with Gasteiger partial charge in [-0.3, -0.25) is 0 Å². The average molecular weight is 444 g/mol. The topological polar surface area (TPSA) is 30.5 Å². The molecule has 1 heterocycles. The Morgan fingerprint density at radius 3 is 2.59 bits per heavy atom. The molecule has 3 nitrogen and oxygen atoms in total. The normalized spacial score (nSPS) is 24.7. The molecule has 4 atom stereocenters. The van der Waals surface area contributed by atoms with E-state index in [2.05, 4.69) is 78.7 Å². The van der Waals surface area contributed by atoms with Gasteiger partial charge in [-0.15, -0.1) is 0 Å². The molecule has 3 aliphatic rings. The Hall–Kier alpha value is -2.19. The van der Waals surface area contributed by atoms with Gasteiger partial charge in [0.25, 0.3) is 0 Å². The minimum absolute atomic E-state index is 0.140. The van der Waals surface area contributed by atoms with Crippen molar-refractivity contribution in [3.05, 3.63) is 100 Å². The maximum absolute atomic E-state index is 6.77. The quantitative estimate of drug-likeness (QED) is 0.442. The van der Waals surface area contributed by atoms with Crippen LogP contribution in [0.4, 0.5) is 0 Å². The fourth-order valence-corrected chi connectivity index (χ4v) is 7.14. The summed E-state index contributed by atoms with van der Waals surface area (Å²) in [4.78, 5) is 0. The van der Waals surface area contributed by atoms with Gasteiger partial charge >= 0.3 is 8.53 Å². The second kappa shape index (κ2) is 8.63. The molecule has 1 N–H and O–H groups in total. The largest absolute Gasteiger partial charge is 0.436 e. The summed E-state index contributed by atoms with van der Waals surface area (Å²) < 4.78 is 13.4. The van der Waals surface area contributed by atoms with Gasteiger partial charge in [-0.05, 0) is 79.3 Å². The van der Waals surface area contributed by atoms with Crippen molar-refractivity contribution in [3.63, 3.8) is 0 Å². The van der Waals surface area contributed by atoms with Gasteiger partial charge in [-0.2, -0.15) is 0 Å². The van der Waals surface area contributed by atoms with Gasteiger partial charge < -0.3 is 9.05 Å². The molecule has 2 unspecified atom stereocenters. The highest BCUT2D eigenvalue weighted by Crippen LogP contribution is 2.54. The third kappa shape index (κ3) is 3.67. The van der Waals surface area contributed by atoms with E-state index in [1.165, 1.54) is 52.6 Å². The molecular formula is C28H30NO2P. The van der Waals surface area contributed by atoms with Crippen molar-refractivity contribution in [1.82, 2.24) is 5.09 Å². The van der Waals surface area contributed by atoms with Crippen LogP contribution in [0.1, 0.15) is 71.5 Å². The minimum atomic E-state index is -1.24. The standard InChI is InChI=1S/C28H30NO2P/c1-19(20-9-3-2-4-10-20)29-32-30-25-17-15-21-11-5-7-13-23(21)27(25)28-24-14-8-6-12-22(24)16-18-26(28)31-32/h2-5,7,9-11,13,16,18-19,25,27,29H,6,8,12,14-15,17H2,1H3/t19-,25?,27+,32?/m0/s1. The van der Waals surface area contributed by atoms with Crippen LogP contribution in [0.25, 0.3) is 0 Å². The van der Waals surface area contributed by atoms with E-state index in [-0.39, 0.29) is 18.1 Å². The number of aryl methyl sites for hydroxylation is 2. The molecule has 0 amide bonds. The summed E-state index contributed by atoms with van der Waals surface area (Å²) in [5.41, 5.74) is 8.59. The first-order valence-electron chi connectivity index (χ1n) is 12.0. The molecule has 3 aromatic carbocycles. The highest BCUT2D eigenvalue weighted by molar-refractivity contribution is 7.45. The molecule has 1 aliphatic heterocycles. The predicted octanol–water partition coefficient (Wildman–Crippen LogP) is 7.00. The molecule has 0 aromatic heterocycles. The fraction of sp³-hybridized carbons (Fsp3) is 0.357. The van der Waals surface area contributed by atoms with Gasteiger partial charge in [0.15, 0.2) is 0 Å². The molecule has 0 spiro atoms. The van der Waals surface area contributed by atoms with Gasteiger partial charge in [0.1, 0.15) is 5.75 Å². The van der Waals surface area contributed by atoms with Crippen LogP contribution in [-0.4, -0.2) is 6.10 Å². The smallest absolute Gasteiger partial charge is 0.318 e. The number of rotatable bonds is 3. The summed E-state index contributed by atoms with van der Waals surface area (Å²) in [5, 5.41) is 3.67. The van der Waals surface area contributed by atoms with Crippen molar-refractivity contribution >= 4 is 8.53 Å². The van der Waals surface area contributed by atoms with Crippen molar-refractivity contribution in [1.29, 1.82) is 0 Å². The van der Waals surface area contributed by atoms with Gasteiger partial charge in [0.2, 0.25) is 0 Å². The number of benzene rings is 3. The highest BCUT2D eigenvalue weighted by Gasteiger charge is 2.41. The lowest BCUT2D eigenvalue weighted by Gasteiger charge is -2.34. The molecule has 0 saturated heterocycles. The Morgan fingerprint density at radius 1 is 0.875 bits per heavy atom. The number of hydrogen-bond donors (Lipinski definition) is 1. The lowest BCUT2D eigenvalue weighted by molar-refractivity contribution is 0.173. The third-order valence-corrected chi connectivity index (χ3v) is 8.74. The van der Waals surface area contributed by atoms with E-state index in [1.54, 1.807) is 0 Å². The van der Waals surface area contributed by atoms with Crippen molar-refractivity contribution in [2.75, 3.05) is 0 Å². The maximum atomic E-state index is 6.77. The third-order valence-electron chi connectivity index (χ3n) is 7.32. The van der Waals surface area contributed by atoms with Gasteiger partial charge in [-0.25, -0.2) is 5.09 Å². The van der Waals surface area contributed by atoms with Gasteiger partial charge in [0, 0.05) is 17.5 Å². The molecule has 0 radical (unpaired) electrons. The zero-order valence-corrected chi connectivity index (χ0v) is 19.5. The second-order valence-corrected chi connectivity index (χ2v) is 10.5.